The minimum Gasteiger partial charge on any atom is -0.497 e. The van der Waals surface area contributed by atoms with Crippen molar-refractivity contribution >= 4 is 0 Å². The van der Waals surface area contributed by atoms with E-state index in [0.717, 1.165) is 50.1 Å². The second-order valence-corrected chi connectivity index (χ2v) is 8.46. The molecule has 0 saturated heterocycles. The van der Waals surface area contributed by atoms with E-state index in [4.69, 9.17) is 18.9 Å². The van der Waals surface area contributed by atoms with Gasteiger partial charge in [0, 0.05) is 0 Å². The summed E-state index contributed by atoms with van der Waals surface area (Å²) in [4.78, 5) is 0. The molecule has 0 aliphatic carbocycles. The van der Waals surface area contributed by atoms with Gasteiger partial charge in [0.05, 0.1) is 39.9 Å². The topological polar surface area (TPSA) is 72.7 Å². The van der Waals surface area contributed by atoms with E-state index >= 15 is 0 Å². The molecule has 2 rings (SSSR count). The van der Waals surface area contributed by atoms with Gasteiger partial charge in [-0.15, -0.1) is 0 Å². The fourth-order valence-electron chi connectivity index (χ4n) is 4.22. The molecule has 1 atom stereocenters. The van der Waals surface area contributed by atoms with E-state index in [1.54, 1.807) is 28.4 Å². The van der Waals surface area contributed by atoms with Gasteiger partial charge >= 0.3 is 0 Å². The molecule has 0 fully saturated rings. The van der Waals surface area contributed by atoms with E-state index in [2.05, 4.69) is 37.4 Å². The van der Waals surface area contributed by atoms with E-state index in [9.17, 15) is 5.26 Å². The van der Waals surface area contributed by atoms with Crippen LogP contribution in [0.4, 0.5) is 0 Å². The van der Waals surface area contributed by atoms with Crippen LogP contribution in [0.25, 0.3) is 0 Å². The van der Waals surface area contributed by atoms with Gasteiger partial charge in [-0.1, -0.05) is 26.0 Å². The van der Waals surface area contributed by atoms with Crippen LogP contribution < -0.4 is 24.3 Å². The van der Waals surface area contributed by atoms with Gasteiger partial charge in [0.2, 0.25) is 5.75 Å². The molecular weight excluding hydrogens is 416 g/mol. The van der Waals surface area contributed by atoms with Crippen molar-refractivity contribution in [1.29, 1.82) is 5.26 Å². The number of aryl methyl sites for hydroxylation is 1. The van der Waals surface area contributed by atoms with Crippen molar-refractivity contribution in [3.05, 3.63) is 47.5 Å². The van der Waals surface area contributed by atoms with E-state index in [-0.39, 0.29) is 5.92 Å². The van der Waals surface area contributed by atoms with Crippen molar-refractivity contribution in [2.45, 2.75) is 44.9 Å². The third-order valence-corrected chi connectivity index (χ3v) is 6.24. The van der Waals surface area contributed by atoms with Crippen LogP contribution in [0, 0.1) is 17.2 Å². The number of methoxy groups -OCH3 is 4. The zero-order valence-corrected chi connectivity index (χ0v) is 20.9. The van der Waals surface area contributed by atoms with E-state index in [1.807, 2.05) is 24.3 Å². The van der Waals surface area contributed by atoms with E-state index in [1.165, 1.54) is 5.56 Å². The quantitative estimate of drug-likeness (QED) is 0.399. The number of hydrogen-bond donors (Lipinski definition) is 1. The summed E-state index contributed by atoms with van der Waals surface area (Å²) < 4.78 is 21.8. The molecule has 0 bridgehead atoms. The molecule has 2 aromatic carbocycles. The normalized spacial score (nSPS) is 12.7. The van der Waals surface area contributed by atoms with Crippen LogP contribution in [-0.2, 0) is 11.8 Å². The van der Waals surface area contributed by atoms with E-state index < -0.39 is 5.41 Å². The maximum atomic E-state index is 10.3. The highest BCUT2D eigenvalue weighted by atomic mass is 16.5. The summed E-state index contributed by atoms with van der Waals surface area (Å²) in [6.45, 7) is 5.98. The number of nitrogens with one attached hydrogen (secondary N) is 1. The summed E-state index contributed by atoms with van der Waals surface area (Å²) in [6, 6.07) is 14.6. The first-order valence-electron chi connectivity index (χ1n) is 11.5. The second-order valence-electron chi connectivity index (χ2n) is 8.46. The molecule has 2 aromatic rings. The molecule has 0 heterocycles. The van der Waals surface area contributed by atoms with Gasteiger partial charge in [-0.2, -0.15) is 5.26 Å². The van der Waals surface area contributed by atoms with Gasteiger partial charge in [-0.3, -0.25) is 0 Å². The molecule has 0 unspecified atom stereocenters. The van der Waals surface area contributed by atoms with Crippen LogP contribution >= 0.6 is 0 Å². The maximum absolute atomic E-state index is 10.3. The molecule has 6 nitrogen and oxygen atoms in total. The van der Waals surface area contributed by atoms with Crippen molar-refractivity contribution in [2.75, 3.05) is 41.5 Å². The molecule has 0 aliphatic rings. The Bertz CT molecular complexity index is 898. The predicted molar refractivity (Wildman–Crippen MR) is 132 cm³/mol. The highest BCUT2D eigenvalue weighted by Gasteiger charge is 2.37. The summed E-state index contributed by atoms with van der Waals surface area (Å²) in [5.74, 6) is 2.70. The van der Waals surface area contributed by atoms with Crippen molar-refractivity contribution in [2.24, 2.45) is 5.92 Å². The van der Waals surface area contributed by atoms with Crippen LogP contribution in [0.3, 0.4) is 0 Å². The van der Waals surface area contributed by atoms with Crippen LogP contribution in [0.1, 0.15) is 44.2 Å². The Balaban J connectivity index is 1.98. The van der Waals surface area contributed by atoms with Crippen molar-refractivity contribution < 1.29 is 18.9 Å². The first-order valence-corrected chi connectivity index (χ1v) is 11.5. The minimum absolute atomic E-state index is 0.123. The largest absolute Gasteiger partial charge is 0.497 e. The fraction of sp³-hybridized carbons (Fsp3) is 0.519. The SMILES string of the molecule is COc1cccc(CCCNCCC[C@@](C#N)(c2cc(OC)c(OC)c(OC)c2)C(C)C)c1. The third-order valence-electron chi connectivity index (χ3n) is 6.24. The van der Waals surface area contributed by atoms with Crippen LogP contribution in [-0.4, -0.2) is 41.5 Å². The molecule has 0 saturated carbocycles. The Morgan fingerprint density at radius 2 is 1.58 bits per heavy atom. The second kappa shape index (κ2) is 13.0. The van der Waals surface area contributed by atoms with Gasteiger partial charge in [0.1, 0.15) is 5.75 Å². The van der Waals surface area contributed by atoms with Gasteiger partial charge in [-0.05, 0) is 80.1 Å². The van der Waals surface area contributed by atoms with Gasteiger partial charge in [0.15, 0.2) is 11.5 Å². The Morgan fingerprint density at radius 3 is 2.12 bits per heavy atom. The number of nitriles is 1. The Hall–Kier alpha value is -2.91. The van der Waals surface area contributed by atoms with Crippen LogP contribution in [0.2, 0.25) is 0 Å². The number of benzene rings is 2. The highest BCUT2D eigenvalue weighted by molar-refractivity contribution is 5.56. The summed E-state index contributed by atoms with van der Waals surface area (Å²) in [7, 11) is 6.47. The molecule has 0 radical (unpaired) electrons. The molecule has 1 N–H and O–H groups in total. The van der Waals surface area contributed by atoms with Crippen LogP contribution in [0.15, 0.2) is 36.4 Å². The first kappa shape index (κ1) is 26.3. The fourth-order valence-corrected chi connectivity index (χ4v) is 4.22. The standard InChI is InChI=1S/C27H38N2O4/c1-20(2)27(19-28,22-17-24(31-4)26(33-6)25(18-22)32-5)13-9-15-29-14-8-11-21-10-7-12-23(16-21)30-3/h7,10,12,16-18,20,29H,8-9,11,13-15H2,1-6H3/t27-/m0/s1. The summed E-state index contributed by atoms with van der Waals surface area (Å²) in [6.07, 6.45) is 3.68. The maximum Gasteiger partial charge on any atom is 0.203 e. The molecule has 0 amide bonds. The third kappa shape index (κ3) is 6.55. The monoisotopic (exact) mass is 454 g/mol. The zero-order valence-electron chi connectivity index (χ0n) is 20.9. The summed E-state index contributed by atoms with van der Waals surface area (Å²) in [5.41, 5.74) is 1.53. The Labute approximate surface area is 198 Å². The molecule has 33 heavy (non-hydrogen) atoms. The first-order chi connectivity index (χ1) is 15.9. The number of nitrogens with zero attached hydrogens (tertiary/aromatic N) is 1. The molecule has 0 aliphatic heterocycles. The van der Waals surface area contributed by atoms with E-state index in [0.29, 0.717) is 17.2 Å². The lowest BCUT2D eigenvalue weighted by Gasteiger charge is -2.32. The average Bonchev–Trinajstić information content (AvgIpc) is 2.84. The number of rotatable bonds is 14. The van der Waals surface area contributed by atoms with Crippen molar-refractivity contribution in [3.8, 4) is 29.1 Å². The van der Waals surface area contributed by atoms with Crippen molar-refractivity contribution in [1.82, 2.24) is 5.32 Å². The van der Waals surface area contributed by atoms with Crippen LogP contribution in [0.5, 0.6) is 23.0 Å². The number of hydrogen-bond acceptors (Lipinski definition) is 6. The average molecular weight is 455 g/mol. The molecule has 180 valence electrons. The lowest BCUT2D eigenvalue weighted by atomic mass is 9.69. The summed E-state index contributed by atoms with van der Waals surface area (Å²) >= 11 is 0. The highest BCUT2D eigenvalue weighted by Crippen LogP contribution is 2.45. The smallest absolute Gasteiger partial charge is 0.203 e. The minimum atomic E-state index is -0.644. The van der Waals surface area contributed by atoms with Gasteiger partial charge < -0.3 is 24.3 Å². The predicted octanol–water partition coefficient (Wildman–Crippen LogP) is 5.14. The summed E-state index contributed by atoms with van der Waals surface area (Å²) in [5, 5.41) is 13.8. The lowest BCUT2D eigenvalue weighted by Crippen LogP contribution is -2.32. The molecule has 0 aromatic heterocycles. The van der Waals surface area contributed by atoms with Gasteiger partial charge in [0.25, 0.3) is 0 Å². The Kier molecular flexibility index (Phi) is 10.3. The van der Waals surface area contributed by atoms with Crippen molar-refractivity contribution in [3.63, 3.8) is 0 Å². The molecular formula is C27H38N2O4. The Morgan fingerprint density at radius 1 is 0.909 bits per heavy atom. The van der Waals surface area contributed by atoms with Gasteiger partial charge in [-0.25, -0.2) is 0 Å². The zero-order chi connectivity index (χ0) is 24.3. The number of ether oxygens (including phenoxy) is 4. The lowest BCUT2D eigenvalue weighted by molar-refractivity contribution is 0.316. The molecule has 0 spiro atoms. The molecule has 6 heteroatoms.